The van der Waals surface area contributed by atoms with Gasteiger partial charge in [-0.1, -0.05) is 30.3 Å². The Labute approximate surface area is 189 Å². The van der Waals surface area contributed by atoms with Crippen molar-refractivity contribution in [3.63, 3.8) is 0 Å². The van der Waals surface area contributed by atoms with Crippen molar-refractivity contribution < 1.29 is 22.7 Å². The maximum atomic E-state index is 13.3. The SMILES string of the molecule is O=C(Nc1nc(-c2ccccc2)cs1)C1CCCN1S(=O)(=O)c1ccc2c(c1)OCCO2. The molecule has 5 rings (SSSR count). The summed E-state index contributed by atoms with van der Waals surface area (Å²) < 4.78 is 38.9. The van der Waals surface area contributed by atoms with Gasteiger partial charge in [0.1, 0.15) is 19.3 Å². The number of amides is 1. The number of ether oxygens (including phenoxy) is 2. The highest BCUT2D eigenvalue weighted by Crippen LogP contribution is 2.35. The molecule has 1 aromatic heterocycles. The molecule has 2 aliphatic heterocycles. The van der Waals surface area contributed by atoms with Crippen LogP contribution in [0.15, 0.2) is 58.8 Å². The molecule has 1 atom stereocenters. The summed E-state index contributed by atoms with van der Waals surface area (Å²) in [6, 6.07) is 13.4. The van der Waals surface area contributed by atoms with Gasteiger partial charge < -0.3 is 14.8 Å². The Morgan fingerprint density at radius 2 is 1.88 bits per heavy atom. The van der Waals surface area contributed by atoms with Crippen LogP contribution < -0.4 is 14.8 Å². The zero-order chi connectivity index (χ0) is 22.1. The van der Waals surface area contributed by atoms with Crippen LogP contribution in [0.25, 0.3) is 11.3 Å². The zero-order valence-electron chi connectivity index (χ0n) is 17.1. The van der Waals surface area contributed by atoms with Gasteiger partial charge >= 0.3 is 0 Å². The molecule has 0 spiro atoms. The van der Waals surface area contributed by atoms with Crippen LogP contribution in [0.3, 0.4) is 0 Å². The van der Waals surface area contributed by atoms with Gasteiger partial charge in [0, 0.05) is 23.6 Å². The van der Waals surface area contributed by atoms with Crippen LogP contribution in [0.5, 0.6) is 11.5 Å². The molecule has 0 saturated carbocycles. The number of thiazole rings is 1. The molecule has 0 radical (unpaired) electrons. The number of sulfonamides is 1. The number of carbonyl (C=O) groups excluding carboxylic acids is 1. The van der Waals surface area contributed by atoms with E-state index in [-0.39, 0.29) is 17.3 Å². The van der Waals surface area contributed by atoms with E-state index in [0.29, 0.717) is 42.7 Å². The molecule has 1 unspecified atom stereocenters. The molecular formula is C22H21N3O5S2. The predicted octanol–water partition coefficient (Wildman–Crippen LogP) is 3.37. The summed E-state index contributed by atoms with van der Waals surface area (Å²) in [5, 5.41) is 5.10. The van der Waals surface area contributed by atoms with Crippen LogP contribution in [0, 0.1) is 0 Å². The first-order chi connectivity index (χ1) is 15.5. The summed E-state index contributed by atoms with van der Waals surface area (Å²) in [5.74, 6) is 0.537. The van der Waals surface area contributed by atoms with Gasteiger partial charge in [0.25, 0.3) is 0 Å². The van der Waals surface area contributed by atoms with E-state index in [1.165, 1.54) is 27.8 Å². The average Bonchev–Trinajstić information content (AvgIpc) is 3.50. The van der Waals surface area contributed by atoms with E-state index < -0.39 is 16.1 Å². The van der Waals surface area contributed by atoms with Crippen LogP contribution in [0.4, 0.5) is 5.13 Å². The van der Waals surface area contributed by atoms with Crippen molar-refractivity contribution in [1.82, 2.24) is 9.29 Å². The van der Waals surface area contributed by atoms with Crippen LogP contribution in [-0.2, 0) is 14.8 Å². The highest BCUT2D eigenvalue weighted by atomic mass is 32.2. The van der Waals surface area contributed by atoms with Crippen molar-refractivity contribution in [2.45, 2.75) is 23.8 Å². The lowest BCUT2D eigenvalue weighted by molar-refractivity contribution is -0.119. The maximum absolute atomic E-state index is 13.3. The van der Waals surface area contributed by atoms with Gasteiger partial charge in [-0.25, -0.2) is 13.4 Å². The normalized spacial score (nSPS) is 18.4. The maximum Gasteiger partial charge on any atom is 0.244 e. The molecule has 1 saturated heterocycles. The number of carbonyl (C=O) groups is 1. The fourth-order valence-corrected chi connectivity index (χ4v) is 6.27. The number of hydrogen-bond acceptors (Lipinski definition) is 7. The third-order valence-corrected chi connectivity index (χ3v) is 8.09. The van der Waals surface area contributed by atoms with E-state index in [0.717, 1.165) is 11.3 Å². The molecule has 166 valence electrons. The number of rotatable bonds is 5. The van der Waals surface area contributed by atoms with Crippen molar-refractivity contribution in [3.8, 4) is 22.8 Å². The molecule has 0 bridgehead atoms. The molecule has 1 amide bonds. The monoisotopic (exact) mass is 471 g/mol. The van der Waals surface area contributed by atoms with Gasteiger partial charge in [-0.05, 0) is 25.0 Å². The molecule has 1 fully saturated rings. The van der Waals surface area contributed by atoms with Crippen molar-refractivity contribution in [2.24, 2.45) is 0 Å². The summed E-state index contributed by atoms with van der Waals surface area (Å²) >= 11 is 1.31. The van der Waals surface area contributed by atoms with Crippen molar-refractivity contribution in [2.75, 3.05) is 25.1 Å². The van der Waals surface area contributed by atoms with E-state index in [4.69, 9.17) is 9.47 Å². The second-order valence-electron chi connectivity index (χ2n) is 7.47. The summed E-state index contributed by atoms with van der Waals surface area (Å²) in [5.41, 5.74) is 1.71. The Morgan fingerprint density at radius 3 is 2.69 bits per heavy atom. The Kier molecular flexibility index (Phi) is 5.58. The number of aromatic nitrogens is 1. The number of fused-ring (bicyclic) bond motifs is 1. The number of benzene rings is 2. The van der Waals surface area contributed by atoms with Gasteiger partial charge in [-0.15, -0.1) is 11.3 Å². The van der Waals surface area contributed by atoms with Crippen LogP contribution >= 0.6 is 11.3 Å². The average molecular weight is 472 g/mol. The number of anilines is 1. The van der Waals surface area contributed by atoms with E-state index in [1.54, 1.807) is 6.07 Å². The van der Waals surface area contributed by atoms with Crippen molar-refractivity contribution in [3.05, 3.63) is 53.9 Å². The van der Waals surface area contributed by atoms with Crippen molar-refractivity contribution in [1.29, 1.82) is 0 Å². The molecule has 2 aliphatic rings. The summed E-state index contributed by atoms with van der Waals surface area (Å²) in [4.78, 5) is 17.5. The van der Waals surface area contributed by atoms with E-state index in [2.05, 4.69) is 10.3 Å². The highest BCUT2D eigenvalue weighted by Gasteiger charge is 2.40. The standard InChI is InChI=1S/C22H21N3O5S2/c26-21(24-22-23-17(14-31-22)15-5-2-1-3-6-15)18-7-4-10-25(18)32(27,28)16-8-9-19-20(13-16)30-12-11-29-19/h1-3,5-6,8-9,13-14,18H,4,7,10-12H2,(H,23,24,26). The Bertz CT molecular complexity index is 1240. The molecule has 10 heteroatoms. The molecule has 32 heavy (non-hydrogen) atoms. The lowest BCUT2D eigenvalue weighted by atomic mass is 10.2. The topological polar surface area (TPSA) is 97.8 Å². The Hall–Kier alpha value is -2.95. The molecule has 8 nitrogen and oxygen atoms in total. The fraction of sp³-hybridized carbons (Fsp3) is 0.273. The van der Waals surface area contributed by atoms with Gasteiger partial charge in [0.15, 0.2) is 16.6 Å². The highest BCUT2D eigenvalue weighted by molar-refractivity contribution is 7.89. The smallest absolute Gasteiger partial charge is 0.244 e. The minimum Gasteiger partial charge on any atom is -0.486 e. The summed E-state index contributed by atoms with van der Waals surface area (Å²) in [6.07, 6.45) is 1.06. The largest absolute Gasteiger partial charge is 0.486 e. The van der Waals surface area contributed by atoms with E-state index in [1.807, 2.05) is 35.7 Å². The molecular weight excluding hydrogens is 450 g/mol. The minimum absolute atomic E-state index is 0.0852. The Morgan fingerprint density at radius 1 is 1.09 bits per heavy atom. The lowest BCUT2D eigenvalue weighted by Crippen LogP contribution is -2.43. The van der Waals surface area contributed by atoms with Gasteiger partial charge in [0.05, 0.1) is 10.6 Å². The van der Waals surface area contributed by atoms with Crippen LogP contribution in [0.1, 0.15) is 12.8 Å². The zero-order valence-corrected chi connectivity index (χ0v) is 18.7. The van der Waals surface area contributed by atoms with Gasteiger partial charge in [0.2, 0.25) is 15.9 Å². The molecule has 1 N–H and O–H groups in total. The van der Waals surface area contributed by atoms with E-state index >= 15 is 0 Å². The predicted molar refractivity (Wildman–Crippen MR) is 121 cm³/mol. The van der Waals surface area contributed by atoms with Gasteiger partial charge in [-0.2, -0.15) is 4.31 Å². The number of nitrogens with zero attached hydrogens (tertiary/aromatic N) is 2. The number of nitrogens with one attached hydrogen (secondary N) is 1. The third kappa shape index (κ3) is 3.96. The number of hydrogen-bond donors (Lipinski definition) is 1. The van der Waals surface area contributed by atoms with E-state index in [9.17, 15) is 13.2 Å². The summed E-state index contributed by atoms with van der Waals surface area (Å²) in [6.45, 7) is 1.07. The van der Waals surface area contributed by atoms with Crippen molar-refractivity contribution >= 4 is 32.4 Å². The first-order valence-corrected chi connectivity index (χ1v) is 12.6. The second kappa shape index (κ2) is 8.53. The lowest BCUT2D eigenvalue weighted by Gasteiger charge is -2.24. The van der Waals surface area contributed by atoms with Gasteiger partial charge in [-0.3, -0.25) is 4.79 Å². The molecule has 3 aromatic rings. The van der Waals surface area contributed by atoms with Crippen LogP contribution in [0.2, 0.25) is 0 Å². The first kappa shape index (κ1) is 20.9. The fourth-order valence-electron chi connectivity index (χ4n) is 3.87. The Balaban J connectivity index is 1.34. The minimum atomic E-state index is -3.88. The molecule has 0 aliphatic carbocycles. The summed E-state index contributed by atoms with van der Waals surface area (Å²) in [7, 11) is -3.88. The second-order valence-corrected chi connectivity index (χ2v) is 10.2. The molecule has 3 heterocycles. The molecule has 2 aromatic carbocycles. The first-order valence-electron chi connectivity index (χ1n) is 10.3. The third-order valence-electron chi connectivity index (χ3n) is 5.43. The quantitative estimate of drug-likeness (QED) is 0.613. The van der Waals surface area contributed by atoms with Crippen LogP contribution in [-0.4, -0.2) is 49.4 Å².